The molecule has 0 bridgehead atoms. The fourth-order valence-electron chi connectivity index (χ4n) is 2.92. The third kappa shape index (κ3) is 4.37. The highest BCUT2D eigenvalue weighted by atomic mass is 16.1. The molecule has 1 aromatic heterocycles. The fourth-order valence-corrected chi connectivity index (χ4v) is 2.92. The predicted molar refractivity (Wildman–Crippen MR) is 75.4 cm³/mol. The molecule has 0 atom stereocenters. The summed E-state index contributed by atoms with van der Waals surface area (Å²) >= 11 is 0. The number of aromatic amines is 1. The number of hydrogen-bond acceptors (Lipinski definition) is 2. The quantitative estimate of drug-likeness (QED) is 0.829. The third-order valence-corrected chi connectivity index (χ3v) is 4.19. The molecule has 2 N–H and O–H groups in total. The van der Waals surface area contributed by atoms with Crippen molar-refractivity contribution < 1.29 is 4.79 Å². The van der Waals surface area contributed by atoms with Crippen LogP contribution in [-0.2, 0) is 11.3 Å². The predicted octanol–water partition coefficient (Wildman–Crippen LogP) is 3.02. The average molecular weight is 263 g/mol. The highest BCUT2D eigenvalue weighted by molar-refractivity contribution is 5.78. The van der Waals surface area contributed by atoms with Crippen LogP contribution in [0.1, 0.15) is 57.6 Å². The molecule has 0 saturated heterocycles. The van der Waals surface area contributed by atoms with Crippen molar-refractivity contribution in [1.82, 2.24) is 15.5 Å². The Morgan fingerprint density at radius 3 is 2.84 bits per heavy atom. The van der Waals surface area contributed by atoms with Crippen LogP contribution < -0.4 is 5.32 Å². The molecule has 0 radical (unpaired) electrons. The monoisotopic (exact) mass is 263 g/mol. The van der Waals surface area contributed by atoms with Gasteiger partial charge in [-0.2, -0.15) is 5.10 Å². The Balaban J connectivity index is 1.67. The normalized spacial score (nSPS) is 23.2. The van der Waals surface area contributed by atoms with Gasteiger partial charge in [0.15, 0.2) is 0 Å². The Morgan fingerprint density at radius 2 is 2.21 bits per heavy atom. The van der Waals surface area contributed by atoms with Crippen molar-refractivity contribution >= 4 is 5.91 Å². The zero-order valence-corrected chi connectivity index (χ0v) is 11.8. The number of unbranched alkanes of at least 4 members (excludes halogenated alkanes) is 1. The van der Waals surface area contributed by atoms with Gasteiger partial charge in [0.2, 0.25) is 5.91 Å². The second-order valence-electron chi connectivity index (χ2n) is 5.66. The molecule has 1 saturated carbocycles. The van der Waals surface area contributed by atoms with Crippen LogP contribution in [-0.4, -0.2) is 16.1 Å². The van der Waals surface area contributed by atoms with Gasteiger partial charge in [-0.1, -0.05) is 26.2 Å². The molecular formula is C15H25N3O. The summed E-state index contributed by atoms with van der Waals surface area (Å²) in [5.41, 5.74) is 0.963. The van der Waals surface area contributed by atoms with Gasteiger partial charge in [0.05, 0.1) is 12.2 Å². The first kappa shape index (κ1) is 14.1. The van der Waals surface area contributed by atoms with E-state index in [4.69, 9.17) is 0 Å². The van der Waals surface area contributed by atoms with E-state index in [2.05, 4.69) is 22.4 Å². The lowest BCUT2D eigenvalue weighted by Gasteiger charge is -2.27. The fraction of sp³-hybridized carbons (Fsp3) is 0.733. The zero-order chi connectivity index (χ0) is 13.5. The van der Waals surface area contributed by atoms with Crippen LogP contribution >= 0.6 is 0 Å². The van der Waals surface area contributed by atoms with Crippen molar-refractivity contribution in [3.05, 3.63) is 18.0 Å². The van der Waals surface area contributed by atoms with Crippen molar-refractivity contribution in [3.8, 4) is 0 Å². The Morgan fingerprint density at radius 1 is 1.42 bits per heavy atom. The van der Waals surface area contributed by atoms with Crippen LogP contribution in [0.4, 0.5) is 0 Å². The SMILES string of the molecule is CCCCC1CCC(C(=O)NCc2ccn[nH]2)CC1. The minimum atomic E-state index is 0.212. The second-order valence-corrected chi connectivity index (χ2v) is 5.66. The van der Waals surface area contributed by atoms with E-state index in [1.54, 1.807) is 6.20 Å². The molecule has 0 unspecified atom stereocenters. The molecule has 1 amide bonds. The number of aromatic nitrogens is 2. The van der Waals surface area contributed by atoms with Crippen molar-refractivity contribution in [3.63, 3.8) is 0 Å². The van der Waals surface area contributed by atoms with E-state index >= 15 is 0 Å². The molecule has 106 valence electrons. The first-order valence-electron chi connectivity index (χ1n) is 7.55. The van der Waals surface area contributed by atoms with Crippen molar-refractivity contribution in [1.29, 1.82) is 0 Å². The topological polar surface area (TPSA) is 57.8 Å². The molecule has 0 spiro atoms. The van der Waals surface area contributed by atoms with Crippen molar-refractivity contribution in [2.75, 3.05) is 0 Å². The lowest BCUT2D eigenvalue weighted by Crippen LogP contribution is -2.32. The number of H-pyrrole nitrogens is 1. The van der Waals surface area contributed by atoms with E-state index in [1.807, 2.05) is 6.07 Å². The maximum atomic E-state index is 12.1. The molecule has 2 rings (SSSR count). The summed E-state index contributed by atoms with van der Waals surface area (Å²) in [6.07, 6.45) is 10.2. The number of carbonyl (C=O) groups excluding carboxylic acids is 1. The summed E-state index contributed by atoms with van der Waals surface area (Å²) in [5.74, 6) is 1.29. The van der Waals surface area contributed by atoms with Gasteiger partial charge in [-0.25, -0.2) is 0 Å². The van der Waals surface area contributed by atoms with Crippen LogP contribution in [0.5, 0.6) is 0 Å². The van der Waals surface area contributed by atoms with E-state index in [1.165, 1.54) is 32.1 Å². The molecule has 1 aliphatic rings. The minimum absolute atomic E-state index is 0.212. The Hall–Kier alpha value is -1.32. The number of nitrogens with zero attached hydrogens (tertiary/aromatic N) is 1. The van der Waals surface area contributed by atoms with Gasteiger partial charge in [-0.15, -0.1) is 0 Å². The molecule has 19 heavy (non-hydrogen) atoms. The molecule has 0 aromatic carbocycles. The minimum Gasteiger partial charge on any atom is -0.350 e. The highest BCUT2D eigenvalue weighted by Crippen LogP contribution is 2.31. The molecule has 4 nitrogen and oxygen atoms in total. The summed E-state index contributed by atoms with van der Waals surface area (Å²) in [6.45, 7) is 2.81. The van der Waals surface area contributed by atoms with Gasteiger partial charge < -0.3 is 5.32 Å². The van der Waals surface area contributed by atoms with Crippen LogP contribution in [0.2, 0.25) is 0 Å². The standard InChI is InChI=1S/C15H25N3O/c1-2-3-4-12-5-7-13(8-6-12)15(19)16-11-14-9-10-17-18-14/h9-10,12-13H,2-8,11H2,1H3,(H,16,19)(H,17,18). The van der Waals surface area contributed by atoms with E-state index in [0.717, 1.165) is 24.5 Å². The van der Waals surface area contributed by atoms with Crippen molar-refractivity contribution in [2.45, 2.75) is 58.4 Å². The molecule has 4 heteroatoms. The van der Waals surface area contributed by atoms with E-state index in [9.17, 15) is 4.79 Å². The first-order valence-corrected chi connectivity index (χ1v) is 7.55. The number of rotatable bonds is 6. The smallest absolute Gasteiger partial charge is 0.223 e. The van der Waals surface area contributed by atoms with E-state index in [0.29, 0.717) is 6.54 Å². The van der Waals surface area contributed by atoms with Gasteiger partial charge in [0.25, 0.3) is 0 Å². The largest absolute Gasteiger partial charge is 0.350 e. The molecule has 0 aliphatic heterocycles. The number of amides is 1. The maximum absolute atomic E-state index is 12.1. The van der Waals surface area contributed by atoms with Gasteiger partial charge >= 0.3 is 0 Å². The summed E-state index contributed by atoms with van der Waals surface area (Å²) in [5, 5.41) is 9.74. The maximum Gasteiger partial charge on any atom is 0.223 e. The van der Waals surface area contributed by atoms with Gasteiger partial charge in [-0.05, 0) is 37.7 Å². The number of carbonyl (C=O) groups is 1. The lowest BCUT2D eigenvalue weighted by molar-refractivity contribution is -0.126. The Kier molecular flexibility index (Phi) is 5.43. The molecule has 1 aromatic rings. The van der Waals surface area contributed by atoms with E-state index in [-0.39, 0.29) is 11.8 Å². The average Bonchev–Trinajstić information content (AvgIpc) is 2.96. The third-order valence-electron chi connectivity index (χ3n) is 4.19. The number of nitrogens with one attached hydrogen (secondary N) is 2. The van der Waals surface area contributed by atoms with Gasteiger partial charge in [0, 0.05) is 12.1 Å². The summed E-state index contributed by atoms with van der Waals surface area (Å²) in [4.78, 5) is 12.1. The molecule has 1 heterocycles. The second kappa shape index (κ2) is 7.31. The summed E-state index contributed by atoms with van der Waals surface area (Å²) in [7, 11) is 0. The Labute approximate surface area is 115 Å². The zero-order valence-electron chi connectivity index (χ0n) is 11.8. The van der Waals surface area contributed by atoms with Crippen molar-refractivity contribution in [2.24, 2.45) is 11.8 Å². The highest BCUT2D eigenvalue weighted by Gasteiger charge is 2.25. The molecule has 1 fully saturated rings. The van der Waals surface area contributed by atoms with Crippen LogP contribution in [0.15, 0.2) is 12.3 Å². The van der Waals surface area contributed by atoms with Gasteiger partial charge in [-0.3, -0.25) is 9.89 Å². The van der Waals surface area contributed by atoms with Crippen LogP contribution in [0, 0.1) is 11.8 Å². The molecular weight excluding hydrogens is 238 g/mol. The number of hydrogen-bond donors (Lipinski definition) is 2. The molecule has 1 aliphatic carbocycles. The summed E-state index contributed by atoms with van der Waals surface area (Å²) < 4.78 is 0. The Bertz CT molecular complexity index is 367. The van der Waals surface area contributed by atoms with E-state index < -0.39 is 0 Å². The van der Waals surface area contributed by atoms with Gasteiger partial charge in [0.1, 0.15) is 0 Å². The van der Waals surface area contributed by atoms with Crippen LogP contribution in [0.25, 0.3) is 0 Å². The lowest BCUT2D eigenvalue weighted by atomic mass is 9.79. The first-order chi connectivity index (χ1) is 9.29. The van der Waals surface area contributed by atoms with Crippen LogP contribution in [0.3, 0.4) is 0 Å². The summed E-state index contributed by atoms with van der Waals surface area (Å²) in [6, 6.07) is 1.89.